The van der Waals surface area contributed by atoms with Crippen LogP contribution in [0.15, 0.2) is 78.9 Å². The van der Waals surface area contributed by atoms with Crippen LogP contribution in [0.25, 0.3) is 0 Å². The van der Waals surface area contributed by atoms with Gasteiger partial charge in [0.25, 0.3) is 5.91 Å². The van der Waals surface area contributed by atoms with E-state index in [4.69, 9.17) is 16.3 Å². The molecule has 1 N–H and O–H groups in total. The average Bonchev–Trinajstić information content (AvgIpc) is 2.73. The predicted molar refractivity (Wildman–Crippen MR) is 114 cm³/mol. The highest BCUT2D eigenvalue weighted by Crippen LogP contribution is 2.19. The van der Waals surface area contributed by atoms with E-state index in [2.05, 4.69) is 17.4 Å². The molecular formula is C24H24ClNO2. The molecule has 0 saturated heterocycles. The second-order valence-electron chi connectivity index (χ2n) is 6.80. The average molecular weight is 394 g/mol. The number of benzene rings is 3. The van der Waals surface area contributed by atoms with Crippen LogP contribution in [0, 0.1) is 0 Å². The van der Waals surface area contributed by atoms with Gasteiger partial charge in [-0.1, -0.05) is 60.1 Å². The zero-order valence-corrected chi connectivity index (χ0v) is 16.7. The number of ether oxygens (including phenoxy) is 1. The van der Waals surface area contributed by atoms with Crippen LogP contribution in [0.4, 0.5) is 0 Å². The third kappa shape index (κ3) is 5.86. The Morgan fingerprint density at radius 1 is 0.964 bits per heavy atom. The molecule has 1 atom stereocenters. The fourth-order valence-electron chi connectivity index (χ4n) is 2.89. The molecule has 28 heavy (non-hydrogen) atoms. The highest BCUT2D eigenvalue weighted by molar-refractivity contribution is 6.31. The van der Waals surface area contributed by atoms with Gasteiger partial charge in [0.05, 0.1) is 0 Å². The summed E-state index contributed by atoms with van der Waals surface area (Å²) >= 11 is 6.14. The van der Waals surface area contributed by atoms with Crippen molar-refractivity contribution in [1.29, 1.82) is 0 Å². The number of halogens is 1. The summed E-state index contributed by atoms with van der Waals surface area (Å²) in [6, 6.07) is 25.2. The molecule has 0 aromatic heterocycles. The maximum atomic E-state index is 12.4. The quantitative estimate of drug-likeness (QED) is 0.535. The van der Waals surface area contributed by atoms with E-state index in [9.17, 15) is 4.79 Å². The molecule has 0 bridgehead atoms. The van der Waals surface area contributed by atoms with Gasteiger partial charge in [-0.2, -0.15) is 0 Å². The lowest BCUT2D eigenvalue weighted by Gasteiger charge is -2.14. The number of nitrogens with one attached hydrogen (secondary N) is 1. The fraction of sp³-hybridized carbons (Fsp3) is 0.208. The summed E-state index contributed by atoms with van der Waals surface area (Å²) in [5.74, 6) is 0.631. The third-order valence-electron chi connectivity index (χ3n) is 4.56. The summed E-state index contributed by atoms with van der Waals surface area (Å²) in [5.41, 5.74) is 2.83. The van der Waals surface area contributed by atoms with Gasteiger partial charge in [-0.15, -0.1) is 0 Å². The minimum absolute atomic E-state index is 0.0711. The normalized spacial score (nSPS) is 11.6. The van der Waals surface area contributed by atoms with Crippen LogP contribution in [0.2, 0.25) is 5.02 Å². The van der Waals surface area contributed by atoms with Gasteiger partial charge in [-0.3, -0.25) is 4.79 Å². The summed E-state index contributed by atoms with van der Waals surface area (Å²) in [5, 5.41) is 3.74. The van der Waals surface area contributed by atoms with Crippen molar-refractivity contribution in [2.45, 2.75) is 32.4 Å². The summed E-state index contributed by atoms with van der Waals surface area (Å²) < 4.78 is 5.76. The first-order chi connectivity index (χ1) is 13.6. The summed E-state index contributed by atoms with van der Waals surface area (Å²) in [6.45, 7) is 2.42. The van der Waals surface area contributed by atoms with Crippen molar-refractivity contribution in [3.63, 3.8) is 0 Å². The highest BCUT2D eigenvalue weighted by atomic mass is 35.5. The van der Waals surface area contributed by atoms with E-state index in [1.807, 2.05) is 49.4 Å². The topological polar surface area (TPSA) is 38.3 Å². The van der Waals surface area contributed by atoms with Crippen LogP contribution >= 0.6 is 11.6 Å². The number of hydrogen-bond donors (Lipinski definition) is 1. The Labute approximate surface area is 171 Å². The first-order valence-electron chi connectivity index (χ1n) is 9.43. The van der Waals surface area contributed by atoms with Crippen LogP contribution in [-0.4, -0.2) is 11.9 Å². The SMILES string of the molecule is CC(CCc1ccccc1)NC(=O)c1ccc(OCc2ccccc2Cl)cc1. The molecule has 0 saturated carbocycles. The second kappa shape index (κ2) is 9.95. The summed E-state index contributed by atoms with van der Waals surface area (Å²) in [4.78, 5) is 12.4. The van der Waals surface area contributed by atoms with Gasteiger partial charge in [-0.25, -0.2) is 0 Å². The molecule has 4 heteroatoms. The van der Waals surface area contributed by atoms with Gasteiger partial charge in [0.15, 0.2) is 0 Å². The van der Waals surface area contributed by atoms with Crippen molar-refractivity contribution < 1.29 is 9.53 Å². The van der Waals surface area contributed by atoms with Gasteiger partial charge in [-0.05, 0) is 55.7 Å². The Kier molecular flexibility index (Phi) is 7.10. The third-order valence-corrected chi connectivity index (χ3v) is 4.92. The maximum absolute atomic E-state index is 12.4. The van der Waals surface area contributed by atoms with E-state index in [-0.39, 0.29) is 11.9 Å². The molecule has 0 fully saturated rings. The van der Waals surface area contributed by atoms with Crippen molar-refractivity contribution in [1.82, 2.24) is 5.32 Å². The molecule has 0 aliphatic carbocycles. The van der Waals surface area contributed by atoms with Crippen molar-refractivity contribution in [2.24, 2.45) is 0 Å². The Balaban J connectivity index is 1.48. The van der Waals surface area contributed by atoms with Crippen molar-refractivity contribution >= 4 is 17.5 Å². The molecule has 144 valence electrons. The molecule has 0 radical (unpaired) electrons. The number of carbonyl (C=O) groups excluding carboxylic acids is 1. The molecule has 3 rings (SSSR count). The van der Waals surface area contributed by atoms with Gasteiger partial charge in [0.1, 0.15) is 12.4 Å². The van der Waals surface area contributed by atoms with Crippen molar-refractivity contribution in [2.75, 3.05) is 0 Å². The van der Waals surface area contributed by atoms with Gasteiger partial charge in [0.2, 0.25) is 0 Å². The Hall–Kier alpha value is -2.78. The molecule has 0 aliphatic heterocycles. The van der Waals surface area contributed by atoms with E-state index < -0.39 is 0 Å². The van der Waals surface area contributed by atoms with Gasteiger partial charge >= 0.3 is 0 Å². The zero-order chi connectivity index (χ0) is 19.8. The Morgan fingerprint density at radius 3 is 2.36 bits per heavy atom. The van der Waals surface area contributed by atoms with E-state index in [1.54, 1.807) is 24.3 Å². The van der Waals surface area contributed by atoms with E-state index in [0.717, 1.165) is 18.4 Å². The molecular weight excluding hydrogens is 370 g/mol. The molecule has 3 aromatic carbocycles. The first-order valence-corrected chi connectivity index (χ1v) is 9.80. The fourth-order valence-corrected chi connectivity index (χ4v) is 3.08. The van der Waals surface area contributed by atoms with Gasteiger partial charge in [0, 0.05) is 22.2 Å². The lowest BCUT2D eigenvalue weighted by Crippen LogP contribution is -2.32. The summed E-state index contributed by atoms with van der Waals surface area (Å²) in [6.07, 6.45) is 1.84. The Morgan fingerprint density at radius 2 is 1.64 bits per heavy atom. The molecule has 0 heterocycles. The maximum Gasteiger partial charge on any atom is 0.251 e. The number of rotatable bonds is 8. The number of hydrogen-bond acceptors (Lipinski definition) is 2. The lowest BCUT2D eigenvalue weighted by atomic mass is 10.1. The molecule has 1 amide bonds. The Bertz CT molecular complexity index is 894. The van der Waals surface area contributed by atoms with Gasteiger partial charge < -0.3 is 10.1 Å². The second-order valence-corrected chi connectivity index (χ2v) is 7.21. The number of carbonyl (C=O) groups is 1. The highest BCUT2D eigenvalue weighted by Gasteiger charge is 2.10. The standard InChI is InChI=1S/C24H24ClNO2/c1-18(11-12-19-7-3-2-4-8-19)26-24(27)20-13-15-22(16-14-20)28-17-21-9-5-6-10-23(21)25/h2-10,13-16,18H,11-12,17H2,1H3,(H,26,27). The number of aryl methyl sites for hydroxylation is 1. The van der Waals surface area contributed by atoms with Crippen LogP contribution in [0.1, 0.15) is 34.8 Å². The zero-order valence-electron chi connectivity index (χ0n) is 15.9. The molecule has 0 aliphatic rings. The van der Waals surface area contributed by atoms with Crippen LogP contribution in [-0.2, 0) is 13.0 Å². The molecule has 3 nitrogen and oxygen atoms in total. The minimum atomic E-state index is -0.0711. The van der Waals surface area contributed by atoms with Crippen LogP contribution in [0.3, 0.4) is 0 Å². The predicted octanol–water partition coefficient (Wildman–Crippen LogP) is 5.67. The monoisotopic (exact) mass is 393 g/mol. The number of amides is 1. The largest absolute Gasteiger partial charge is 0.489 e. The van der Waals surface area contributed by atoms with Crippen LogP contribution in [0.5, 0.6) is 5.75 Å². The molecule has 0 spiro atoms. The van der Waals surface area contributed by atoms with Crippen molar-refractivity contribution in [3.05, 3.63) is 101 Å². The first kappa shape index (κ1) is 20.0. The van der Waals surface area contributed by atoms with E-state index in [1.165, 1.54) is 5.56 Å². The van der Waals surface area contributed by atoms with E-state index >= 15 is 0 Å². The minimum Gasteiger partial charge on any atom is -0.489 e. The van der Waals surface area contributed by atoms with E-state index in [0.29, 0.717) is 22.9 Å². The van der Waals surface area contributed by atoms with Crippen LogP contribution < -0.4 is 10.1 Å². The molecule has 1 unspecified atom stereocenters. The molecule has 3 aromatic rings. The smallest absolute Gasteiger partial charge is 0.251 e. The lowest BCUT2D eigenvalue weighted by molar-refractivity contribution is 0.0938. The summed E-state index contributed by atoms with van der Waals surface area (Å²) in [7, 11) is 0. The van der Waals surface area contributed by atoms with Crippen molar-refractivity contribution in [3.8, 4) is 5.75 Å².